The van der Waals surface area contributed by atoms with Gasteiger partial charge in [0.25, 0.3) is 5.91 Å². The number of aryl methyl sites for hydroxylation is 2. The predicted octanol–water partition coefficient (Wildman–Crippen LogP) is 3.37. The average molecular weight is 405 g/mol. The smallest absolute Gasteiger partial charge is 0.325 e. The molecule has 2 aromatic carbocycles. The van der Waals surface area contributed by atoms with E-state index < -0.39 is 11.6 Å². The molecule has 1 saturated carbocycles. The summed E-state index contributed by atoms with van der Waals surface area (Å²) >= 11 is 0. The summed E-state index contributed by atoms with van der Waals surface area (Å²) in [6.07, 6.45) is 3.11. The van der Waals surface area contributed by atoms with E-state index in [2.05, 4.69) is 16.7 Å². The number of nitrogens with zero attached hydrogens (tertiary/aromatic N) is 1. The Morgan fingerprint density at radius 1 is 1.03 bits per heavy atom. The standard InChI is InChI=1S/C24H27N3O3/c1-16-10-11-19(14-17(16)2)21(18-8-4-3-5-9-18)25-20(28)15-27-22(29)24(26-23(27)30)12-6-7-13-24/h3-5,8-11,14,21H,6-7,12-13,15H2,1-2H3,(H,25,28)(H,26,30). The number of imide groups is 1. The number of carbonyl (C=O) groups excluding carboxylic acids is 3. The largest absolute Gasteiger partial charge is 0.344 e. The van der Waals surface area contributed by atoms with Crippen LogP contribution < -0.4 is 10.6 Å². The average Bonchev–Trinajstić information content (AvgIpc) is 3.30. The lowest BCUT2D eigenvalue weighted by Gasteiger charge is -2.23. The minimum atomic E-state index is -0.801. The van der Waals surface area contributed by atoms with Gasteiger partial charge in [-0.25, -0.2) is 4.79 Å². The van der Waals surface area contributed by atoms with Crippen LogP contribution in [0.25, 0.3) is 0 Å². The second kappa shape index (κ2) is 7.94. The molecule has 1 spiro atoms. The predicted molar refractivity (Wildman–Crippen MR) is 114 cm³/mol. The molecule has 6 nitrogen and oxygen atoms in total. The quantitative estimate of drug-likeness (QED) is 0.749. The van der Waals surface area contributed by atoms with Gasteiger partial charge in [0.15, 0.2) is 0 Å². The summed E-state index contributed by atoms with van der Waals surface area (Å²) < 4.78 is 0. The first-order chi connectivity index (χ1) is 14.4. The van der Waals surface area contributed by atoms with Crippen LogP contribution in [0.1, 0.15) is 54.0 Å². The number of benzene rings is 2. The lowest BCUT2D eigenvalue weighted by atomic mass is 9.95. The Morgan fingerprint density at radius 2 is 1.73 bits per heavy atom. The Hall–Kier alpha value is -3.15. The maximum Gasteiger partial charge on any atom is 0.325 e. The molecule has 1 heterocycles. The van der Waals surface area contributed by atoms with Gasteiger partial charge < -0.3 is 10.6 Å². The minimum Gasteiger partial charge on any atom is -0.344 e. The molecule has 1 atom stereocenters. The third-order valence-corrected chi connectivity index (χ3v) is 6.31. The highest BCUT2D eigenvalue weighted by molar-refractivity contribution is 6.09. The van der Waals surface area contributed by atoms with Gasteiger partial charge in [-0.05, 0) is 48.9 Å². The molecule has 2 aromatic rings. The summed E-state index contributed by atoms with van der Waals surface area (Å²) in [4.78, 5) is 39.2. The second-order valence-electron chi connectivity index (χ2n) is 8.37. The van der Waals surface area contributed by atoms with Crippen molar-refractivity contribution >= 4 is 17.8 Å². The van der Waals surface area contributed by atoms with Crippen molar-refractivity contribution in [3.63, 3.8) is 0 Å². The fourth-order valence-electron chi connectivity index (χ4n) is 4.44. The van der Waals surface area contributed by atoms with E-state index in [0.717, 1.165) is 34.4 Å². The monoisotopic (exact) mass is 405 g/mol. The van der Waals surface area contributed by atoms with E-state index in [4.69, 9.17) is 0 Å². The van der Waals surface area contributed by atoms with Crippen molar-refractivity contribution in [2.24, 2.45) is 0 Å². The lowest BCUT2D eigenvalue weighted by Crippen LogP contribution is -2.45. The molecule has 0 bridgehead atoms. The Balaban J connectivity index is 1.54. The molecule has 30 heavy (non-hydrogen) atoms. The molecular weight excluding hydrogens is 378 g/mol. The molecule has 4 amide bonds. The number of hydrogen-bond donors (Lipinski definition) is 2. The number of rotatable bonds is 5. The molecule has 0 aromatic heterocycles. The van der Waals surface area contributed by atoms with Gasteiger partial charge in [0.1, 0.15) is 12.1 Å². The molecule has 0 radical (unpaired) electrons. The molecule has 1 unspecified atom stereocenters. The zero-order valence-electron chi connectivity index (χ0n) is 17.4. The fraction of sp³-hybridized carbons (Fsp3) is 0.375. The minimum absolute atomic E-state index is 0.275. The Morgan fingerprint density at radius 3 is 2.40 bits per heavy atom. The van der Waals surface area contributed by atoms with Crippen LogP contribution in [0.4, 0.5) is 4.79 Å². The molecule has 1 aliphatic carbocycles. The Labute approximate surface area is 176 Å². The van der Waals surface area contributed by atoms with Gasteiger partial charge in [-0.15, -0.1) is 0 Å². The Kier molecular flexibility index (Phi) is 5.33. The fourth-order valence-corrected chi connectivity index (χ4v) is 4.44. The van der Waals surface area contributed by atoms with Crippen molar-refractivity contribution in [1.29, 1.82) is 0 Å². The molecule has 2 fully saturated rings. The van der Waals surface area contributed by atoms with E-state index in [-0.39, 0.29) is 24.4 Å². The van der Waals surface area contributed by atoms with Crippen LogP contribution in [0.2, 0.25) is 0 Å². The van der Waals surface area contributed by atoms with Crippen LogP contribution in [-0.4, -0.2) is 34.8 Å². The number of urea groups is 1. The summed E-state index contributed by atoms with van der Waals surface area (Å²) in [6.45, 7) is 3.81. The van der Waals surface area contributed by atoms with Crippen molar-refractivity contribution in [3.05, 3.63) is 70.8 Å². The zero-order chi connectivity index (χ0) is 21.3. The van der Waals surface area contributed by atoms with Crippen molar-refractivity contribution in [2.75, 3.05) is 6.54 Å². The van der Waals surface area contributed by atoms with Crippen molar-refractivity contribution < 1.29 is 14.4 Å². The van der Waals surface area contributed by atoms with E-state index in [1.807, 2.05) is 56.3 Å². The van der Waals surface area contributed by atoms with E-state index in [0.29, 0.717) is 12.8 Å². The summed E-state index contributed by atoms with van der Waals surface area (Å²) in [5.74, 6) is -0.636. The summed E-state index contributed by atoms with van der Waals surface area (Å²) in [6, 6.07) is 15.0. The second-order valence-corrected chi connectivity index (χ2v) is 8.37. The normalized spacial score (nSPS) is 18.5. The van der Waals surface area contributed by atoms with Crippen LogP contribution in [0.3, 0.4) is 0 Å². The number of amides is 4. The van der Waals surface area contributed by atoms with Gasteiger partial charge >= 0.3 is 6.03 Å². The first kappa shape index (κ1) is 20.1. The van der Waals surface area contributed by atoms with Gasteiger partial charge in [-0.1, -0.05) is 61.4 Å². The molecule has 2 aliphatic rings. The van der Waals surface area contributed by atoms with E-state index in [1.165, 1.54) is 5.56 Å². The number of carbonyl (C=O) groups is 3. The lowest BCUT2D eigenvalue weighted by molar-refractivity contribution is -0.135. The Bertz CT molecular complexity index is 980. The highest BCUT2D eigenvalue weighted by Crippen LogP contribution is 2.35. The van der Waals surface area contributed by atoms with E-state index in [1.54, 1.807) is 0 Å². The van der Waals surface area contributed by atoms with E-state index in [9.17, 15) is 14.4 Å². The van der Waals surface area contributed by atoms with Gasteiger partial charge in [-0.2, -0.15) is 0 Å². The van der Waals surface area contributed by atoms with Crippen LogP contribution in [-0.2, 0) is 9.59 Å². The molecule has 4 rings (SSSR count). The topological polar surface area (TPSA) is 78.5 Å². The summed E-state index contributed by atoms with van der Waals surface area (Å²) in [7, 11) is 0. The van der Waals surface area contributed by atoms with E-state index >= 15 is 0 Å². The highest BCUT2D eigenvalue weighted by Gasteiger charge is 2.52. The number of nitrogens with one attached hydrogen (secondary N) is 2. The maximum absolute atomic E-state index is 12.9. The van der Waals surface area contributed by atoms with Crippen molar-refractivity contribution in [2.45, 2.75) is 51.1 Å². The summed E-state index contributed by atoms with van der Waals surface area (Å²) in [5, 5.41) is 5.85. The number of hydrogen-bond acceptors (Lipinski definition) is 3. The van der Waals surface area contributed by atoms with Gasteiger partial charge in [-0.3, -0.25) is 14.5 Å². The maximum atomic E-state index is 12.9. The van der Waals surface area contributed by atoms with Crippen LogP contribution in [0.15, 0.2) is 48.5 Å². The molecule has 2 N–H and O–H groups in total. The van der Waals surface area contributed by atoms with Crippen molar-refractivity contribution in [1.82, 2.24) is 15.5 Å². The first-order valence-corrected chi connectivity index (χ1v) is 10.5. The third kappa shape index (κ3) is 3.70. The van der Waals surface area contributed by atoms with Gasteiger partial charge in [0.2, 0.25) is 5.91 Å². The molecule has 1 aliphatic heterocycles. The van der Waals surface area contributed by atoms with Crippen LogP contribution in [0.5, 0.6) is 0 Å². The first-order valence-electron chi connectivity index (χ1n) is 10.5. The third-order valence-electron chi connectivity index (χ3n) is 6.31. The van der Waals surface area contributed by atoms with Crippen LogP contribution in [0, 0.1) is 13.8 Å². The van der Waals surface area contributed by atoms with Gasteiger partial charge in [0, 0.05) is 0 Å². The van der Waals surface area contributed by atoms with Crippen LogP contribution >= 0.6 is 0 Å². The summed E-state index contributed by atoms with van der Waals surface area (Å²) in [5.41, 5.74) is 3.42. The molecule has 1 saturated heterocycles. The zero-order valence-corrected chi connectivity index (χ0v) is 17.4. The molecular formula is C24H27N3O3. The SMILES string of the molecule is Cc1ccc(C(NC(=O)CN2C(=O)NC3(CCCC3)C2=O)c2ccccc2)cc1C. The molecule has 156 valence electrons. The van der Waals surface area contributed by atoms with Crippen molar-refractivity contribution in [3.8, 4) is 0 Å². The van der Waals surface area contributed by atoms with Gasteiger partial charge in [0.05, 0.1) is 6.04 Å². The highest BCUT2D eigenvalue weighted by atomic mass is 16.2. The molecule has 6 heteroatoms.